The molecule has 4 amide bonds. The van der Waals surface area contributed by atoms with Gasteiger partial charge in [0, 0.05) is 31.3 Å². The molecule has 4 fully saturated rings. The molecule has 43 heavy (non-hydrogen) atoms. The quantitative estimate of drug-likeness (QED) is 0.497. The number of carbonyl (C=O) groups is 4. The van der Waals surface area contributed by atoms with Crippen LogP contribution in [-0.2, 0) is 24.6 Å². The first-order valence-electron chi connectivity index (χ1n) is 14.4. The number of fused-ring (bicyclic) bond motifs is 7. The number of nitrogens with one attached hydrogen (secondary N) is 2. The van der Waals surface area contributed by atoms with Gasteiger partial charge in [-0.1, -0.05) is 26.8 Å². The number of likely N-dealkylation sites (tertiary alicyclic amines) is 2. The van der Waals surface area contributed by atoms with Gasteiger partial charge in [-0.25, -0.2) is 9.37 Å². The molecule has 3 aliphatic heterocycles. The van der Waals surface area contributed by atoms with Gasteiger partial charge >= 0.3 is 11.3 Å². The summed E-state index contributed by atoms with van der Waals surface area (Å²) in [5.74, 6) is -4.58. The lowest BCUT2D eigenvalue weighted by atomic mass is 9.77. The molecule has 2 saturated carbocycles. The van der Waals surface area contributed by atoms with Crippen molar-refractivity contribution in [1.29, 1.82) is 5.26 Å². The van der Waals surface area contributed by atoms with Gasteiger partial charge in [0.15, 0.2) is 0 Å². The number of hydrogen-bond acceptors (Lipinski definition) is 6. The molecule has 1 spiro atoms. The van der Waals surface area contributed by atoms with Crippen molar-refractivity contribution < 1.29 is 32.3 Å². The molecule has 2 aliphatic carbocycles. The number of alkyl halides is 4. The second-order valence-electron chi connectivity index (χ2n) is 13.6. The maximum atomic E-state index is 15.2. The third-order valence-electron chi connectivity index (χ3n) is 10.2. The summed E-state index contributed by atoms with van der Waals surface area (Å²) in [6.07, 6.45) is 1.24. The molecular weight excluding hydrogens is 589 g/mol. The number of anilines is 1. The van der Waals surface area contributed by atoms with Crippen molar-refractivity contribution in [2.45, 2.75) is 75.1 Å². The van der Waals surface area contributed by atoms with E-state index in [2.05, 4.69) is 21.7 Å². The largest absolute Gasteiger partial charge is 0.399 e. The highest BCUT2D eigenvalue weighted by atomic mass is 35.5. The minimum Gasteiger partial charge on any atom is -0.337 e. The standard InChI is InChI=1S/C29H32ClF3N6O4/c1-27(2,3)21(36-26(43)29(30,32)33)24(41)38-11-16-13-7-15(18(31)8-13)19(16)20(38)23(40)39-12-28(9-14(39)10-34)17-5-4-6-35-22(17)37-25(28)42/h4-6,13-16,18-21H,7-9,11-12H2,1-3H3,(H,36,43)(H,35,37,42). The molecule has 5 aliphatic rings. The molecule has 9 unspecified atom stereocenters. The van der Waals surface area contributed by atoms with E-state index >= 15 is 4.39 Å². The third-order valence-corrected chi connectivity index (χ3v) is 10.4. The van der Waals surface area contributed by atoms with Gasteiger partial charge in [-0.3, -0.25) is 19.2 Å². The Morgan fingerprint density at radius 1 is 1.23 bits per heavy atom. The van der Waals surface area contributed by atoms with Crippen LogP contribution in [0.25, 0.3) is 0 Å². The highest BCUT2D eigenvalue weighted by molar-refractivity contribution is 6.32. The molecule has 14 heteroatoms. The molecule has 0 aromatic carbocycles. The average molecular weight is 621 g/mol. The van der Waals surface area contributed by atoms with Crippen molar-refractivity contribution in [2.75, 3.05) is 18.4 Å². The van der Waals surface area contributed by atoms with E-state index in [0.717, 1.165) is 0 Å². The van der Waals surface area contributed by atoms with Crippen LogP contribution in [0.3, 0.4) is 0 Å². The summed E-state index contributed by atoms with van der Waals surface area (Å²) < 4.78 is 42.5. The molecule has 10 nitrogen and oxygen atoms in total. The maximum Gasteiger partial charge on any atom is 0.399 e. The van der Waals surface area contributed by atoms with Crippen LogP contribution in [0.15, 0.2) is 18.3 Å². The molecule has 2 saturated heterocycles. The number of nitrogens with zero attached hydrogens (tertiary/aromatic N) is 4. The van der Waals surface area contributed by atoms with Gasteiger partial charge < -0.3 is 20.4 Å². The van der Waals surface area contributed by atoms with Gasteiger partial charge in [-0.15, -0.1) is 0 Å². The smallest absolute Gasteiger partial charge is 0.337 e. The minimum absolute atomic E-state index is 0.0117. The first-order chi connectivity index (χ1) is 20.1. The number of halogens is 4. The number of carbonyl (C=O) groups excluding carboxylic acids is 4. The fourth-order valence-electron chi connectivity index (χ4n) is 8.30. The highest BCUT2D eigenvalue weighted by Crippen LogP contribution is 2.59. The number of nitriles is 1. The predicted octanol–water partition coefficient (Wildman–Crippen LogP) is 2.58. The van der Waals surface area contributed by atoms with Crippen molar-refractivity contribution in [1.82, 2.24) is 20.1 Å². The number of rotatable bonds is 4. The van der Waals surface area contributed by atoms with E-state index < -0.39 is 76.0 Å². The van der Waals surface area contributed by atoms with Gasteiger partial charge in [0.2, 0.25) is 17.7 Å². The lowest BCUT2D eigenvalue weighted by Crippen LogP contribution is -2.60. The average Bonchev–Trinajstić information content (AvgIpc) is 3.72. The van der Waals surface area contributed by atoms with E-state index in [0.29, 0.717) is 24.2 Å². The Bertz CT molecular complexity index is 1440. The zero-order valence-electron chi connectivity index (χ0n) is 23.8. The number of pyridine rings is 1. The lowest BCUT2D eigenvalue weighted by molar-refractivity contribution is -0.150. The van der Waals surface area contributed by atoms with E-state index in [4.69, 9.17) is 11.6 Å². The van der Waals surface area contributed by atoms with E-state index in [1.165, 1.54) is 16.0 Å². The first-order valence-corrected chi connectivity index (χ1v) is 14.8. The Morgan fingerprint density at radius 3 is 2.60 bits per heavy atom. The second kappa shape index (κ2) is 9.81. The third kappa shape index (κ3) is 4.47. The zero-order valence-corrected chi connectivity index (χ0v) is 24.6. The maximum absolute atomic E-state index is 15.2. The van der Waals surface area contributed by atoms with E-state index in [9.17, 15) is 33.2 Å². The summed E-state index contributed by atoms with van der Waals surface area (Å²) in [6.45, 7) is 4.68. The number of hydrogen-bond donors (Lipinski definition) is 2. The number of amides is 4. The zero-order chi connectivity index (χ0) is 31.2. The summed E-state index contributed by atoms with van der Waals surface area (Å²) in [5, 5.41) is 10.7. The van der Waals surface area contributed by atoms with Gasteiger partial charge in [0.25, 0.3) is 0 Å². The van der Waals surface area contributed by atoms with Crippen LogP contribution in [0.2, 0.25) is 0 Å². The van der Waals surface area contributed by atoms with Crippen LogP contribution in [0, 0.1) is 40.4 Å². The van der Waals surface area contributed by atoms with Gasteiger partial charge in [-0.05, 0) is 59.6 Å². The Balaban J connectivity index is 1.37. The van der Waals surface area contributed by atoms with Gasteiger partial charge in [-0.2, -0.15) is 14.0 Å². The van der Waals surface area contributed by atoms with Crippen LogP contribution < -0.4 is 10.6 Å². The molecule has 2 N–H and O–H groups in total. The van der Waals surface area contributed by atoms with Crippen molar-refractivity contribution >= 4 is 41.0 Å². The second-order valence-corrected chi connectivity index (χ2v) is 14.1. The summed E-state index contributed by atoms with van der Waals surface area (Å²) in [4.78, 5) is 61.0. The normalized spacial score (nSPS) is 35.0. The molecule has 0 radical (unpaired) electrons. The van der Waals surface area contributed by atoms with Crippen LogP contribution >= 0.6 is 11.6 Å². The van der Waals surface area contributed by atoms with E-state index in [-0.39, 0.29) is 31.3 Å². The Hall–Kier alpha value is -3.40. The lowest BCUT2D eigenvalue weighted by Gasteiger charge is -2.38. The summed E-state index contributed by atoms with van der Waals surface area (Å²) in [7, 11) is 0. The minimum atomic E-state index is -4.27. The molecule has 6 rings (SSSR count). The molecule has 4 heterocycles. The molecule has 2 bridgehead atoms. The van der Waals surface area contributed by atoms with Crippen molar-refractivity contribution in [3.63, 3.8) is 0 Å². The van der Waals surface area contributed by atoms with Crippen LogP contribution in [0.4, 0.5) is 19.0 Å². The first kappa shape index (κ1) is 29.7. The van der Waals surface area contributed by atoms with Gasteiger partial charge in [0.05, 0.1) is 11.5 Å². The molecule has 230 valence electrons. The fraction of sp³-hybridized carbons (Fsp3) is 0.655. The fourth-order valence-corrected chi connectivity index (χ4v) is 8.35. The van der Waals surface area contributed by atoms with Crippen LogP contribution in [-0.4, -0.2) is 81.2 Å². The molecule has 1 aromatic heterocycles. The van der Waals surface area contributed by atoms with Crippen molar-refractivity contribution in [3.05, 3.63) is 23.9 Å². The van der Waals surface area contributed by atoms with E-state index in [1.54, 1.807) is 32.9 Å². The van der Waals surface area contributed by atoms with Crippen molar-refractivity contribution in [2.24, 2.45) is 29.1 Å². The summed E-state index contributed by atoms with van der Waals surface area (Å²) in [5.41, 5.74) is -1.72. The molecule has 9 atom stereocenters. The number of aromatic nitrogens is 1. The monoisotopic (exact) mass is 620 g/mol. The SMILES string of the molecule is CC(C)(C)C(NC(=O)C(F)(F)Cl)C(=O)N1CC2C3CC(F)C(C3)C2C1C(=O)N1CC2(CC1C#N)C(=O)Nc1ncccc12. The highest BCUT2D eigenvalue weighted by Gasteiger charge is 2.65. The topological polar surface area (TPSA) is 136 Å². The summed E-state index contributed by atoms with van der Waals surface area (Å²) >= 11 is 4.95. The summed E-state index contributed by atoms with van der Waals surface area (Å²) in [6, 6.07) is 1.81. The van der Waals surface area contributed by atoms with Crippen LogP contribution in [0.5, 0.6) is 0 Å². The van der Waals surface area contributed by atoms with Crippen molar-refractivity contribution in [3.8, 4) is 6.07 Å². The van der Waals surface area contributed by atoms with Gasteiger partial charge in [0.1, 0.15) is 30.1 Å². The van der Waals surface area contributed by atoms with E-state index in [1.807, 2.05) is 0 Å². The molecular formula is C29H32ClF3N6O4. The predicted molar refractivity (Wildman–Crippen MR) is 146 cm³/mol. The van der Waals surface area contributed by atoms with Crippen LogP contribution in [0.1, 0.15) is 45.6 Å². The Morgan fingerprint density at radius 2 is 1.95 bits per heavy atom. The Labute approximate surface area is 251 Å². The Kier molecular flexibility index (Phi) is 6.76. The molecule has 1 aromatic rings.